The van der Waals surface area contributed by atoms with Crippen LogP contribution < -0.4 is 9.47 Å². The van der Waals surface area contributed by atoms with Crippen LogP contribution in [0.5, 0.6) is 11.5 Å². The van der Waals surface area contributed by atoms with Crippen molar-refractivity contribution in [2.24, 2.45) is 5.11 Å². The minimum atomic E-state index is -0.748. The number of carbonyl (C=O) groups excluding carboxylic acids is 1. The average Bonchev–Trinajstić information content (AvgIpc) is 2.66. The van der Waals surface area contributed by atoms with Crippen molar-refractivity contribution in [3.05, 3.63) is 34.2 Å². The van der Waals surface area contributed by atoms with Gasteiger partial charge in [-0.05, 0) is 17.7 Å². The Morgan fingerprint density at radius 2 is 1.96 bits per heavy atom. The molecule has 0 aliphatic carbocycles. The van der Waals surface area contributed by atoms with Crippen molar-refractivity contribution in [1.82, 2.24) is 4.90 Å². The van der Waals surface area contributed by atoms with Gasteiger partial charge in [0, 0.05) is 43.7 Å². The van der Waals surface area contributed by atoms with E-state index in [-0.39, 0.29) is 11.9 Å². The van der Waals surface area contributed by atoms with Gasteiger partial charge in [-0.25, -0.2) is 0 Å². The first kappa shape index (κ1) is 18.9. The van der Waals surface area contributed by atoms with Crippen molar-refractivity contribution >= 4 is 5.91 Å². The molecule has 9 heteroatoms. The Labute approximate surface area is 146 Å². The Hall–Kier alpha value is -2.48. The van der Waals surface area contributed by atoms with Crippen LogP contribution in [0.4, 0.5) is 0 Å². The van der Waals surface area contributed by atoms with Crippen LogP contribution in [0.3, 0.4) is 0 Å². The summed E-state index contributed by atoms with van der Waals surface area (Å²) in [5, 5.41) is 3.60. The van der Waals surface area contributed by atoms with Crippen LogP contribution in [-0.2, 0) is 20.8 Å². The first-order chi connectivity index (χ1) is 12.1. The normalized spacial score (nSPS) is 19.4. The molecule has 0 spiro atoms. The maximum absolute atomic E-state index is 12.4. The molecule has 2 rings (SSSR count). The number of likely N-dealkylation sites (tertiary alicyclic amines) is 1. The van der Waals surface area contributed by atoms with Crippen molar-refractivity contribution in [2.75, 3.05) is 28.4 Å². The summed E-state index contributed by atoms with van der Waals surface area (Å²) in [5.74, 6) is 1.05. The first-order valence-corrected chi connectivity index (χ1v) is 7.70. The van der Waals surface area contributed by atoms with Crippen molar-refractivity contribution in [3.63, 3.8) is 0 Å². The van der Waals surface area contributed by atoms with Gasteiger partial charge in [0.1, 0.15) is 17.5 Å². The van der Waals surface area contributed by atoms with Crippen LogP contribution in [-0.4, -0.2) is 57.6 Å². The smallest absolute Gasteiger partial charge is 0.234 e. The largest absolute Gasteiger partial charge is 0.497 e. The van der Waals surface area contributed by atoms with E-state index in [0.29, 0.717) is 24.5 Å². The Balaban J connectivity index is 2.21. The minimum Gasteiger partial charge on any atom is -0.497 e. The molecule has 0 N–H and O–H groups in total. The molecule has 2 atom stereocenters. The molecule has 1 amide bonds. The van der Waals surface area contributed by atoms with E-state index in [1.54, 1.807) is 31.3 Å². The summed E-state index contributed by atoms with van der Waals surface area (Å²) < 4.78 is 21.0. The Kier molecular flexibility index (Phi) is 6.46. The lowest BCUT2D eigenvalue weighted by Gasteiger charge is -2.46. The summed E-state index contributed by atoms with van der Waals surface area (Å²) in [6.07, 6.45) is -0.0873. The highest BCUT2D eigenvalue weighted by Gasteiger charge is 2.47. The third-order valence-corrected chi connectivity index (χ3v) is 4.27. The molecule has 1 aliphatic heterocycles. The molecule has 0 saturated carbocycles. The van der Waals surface area contributed by atoms with Crippen LogP contribution in [0.15, 0.2) is 23.3 Å². The zero-order chi connectivity index (χ0) is 18.4. The molecule has 1 aliphatic rings. The van der Waals surface area contributed by atoms with Gasteiger partial charge in [0.15, 0.2) is 6.29 Å². The quantitative estimate of drug-likeness (QED) is 0.223. The molecule has 0 radical (unpaired) electrons. The molecule has 1 saturated heterocycles. The molecule has 1 fully saturated rings. The van der Waals surface area contributed by atoms with Gasteiger partial charge in [0.2, 0.25) is 5.91 Å². The van der Waals surface area contributed by atoms with E-state index in [2.05, 4.69) is 10.0 Å². The molecule has 1 aromatic carbocycles. The number of amides is 1. The number of azide groups is 1. The molecular formula is C16H22N4O5. The number of carbonyl (C=O) groups is 1. The molecule has 0 unspecified atom stereocenters. The first-order valence-electron chi connectivity index (χ1n) is 7.70. The van der Waals surface area contributed by atoms with Gasteiger partial charge in [0.25, 0.3) is 0 Å². The number of rotatable bonds is 9. The Morgan fingerprint density at radius 3 is 2.52 bits per heavy atom. The fourth-order valence-electron chi connectivity index (χ4n) is 2.87. The van der Waals surface area contributed by atoms with Crippen LogP contribution >= 0.6 is 0 Å². The lowest BCUT2D eigenvalue weighted by atomic mass is 9.91. The fraction of sp³-hybridized carbons (Fsp3) is 0.562. The highest BCUT2D eigenvalue weighted by atomic mass is 16.7. The van der Waals surface area contributed by atoms with E-state index in [1.165, 1.54) is 14.2 Å². The van der Waals surface area contributed by atoms with E-state index in [0.717, 1.165) is 5.56 Å². The molecule has 0 aromatic heterocycles. The molecule has 1 aromatic rings. The zero-order valence-electron chi connectivity index (χ0n) is 14.7. The average molecular weight is 350 g/mol. The number of ether oxygens (including phenoxy) is 4. The van der Waals surface area contributed by atoms with E-state index in [1.807, 2.05) is 6.07 Å². The molecular weight excluding hydrogens is 328 g/mol. The molecule has 136 valence electrons. The molecule has 9 nitrogen and oxygen atoms in total. The van der Waals surface area contributed by atoms with E-state index in [9.17, 15) is 4.79 Å². The highest BCUT2D eigenvalue weighted by Crippen LogP contribution is 2.33. The summed E-state index contributed by atoms with van der Waals surface area (Å²) in [7, 11) is 6.17. The summed E-state index contributed by atoms with van der Waals surface area (Å²) in [5.41, 5.74) is 9.52. The number of methoxy groups -OCH3 is 4. The maximum Gasteiger partial charge on any atom is 0.234 e. The van der Waals surface area contributed by atoms with Crippen molar-refractivity contribution in [3.8, 4) is 11.5 Å². The van der Waals surface area contributed by atoms with E-state index < -0.39 is 12.3 Å². The van der Waals surface area contributed by atoms with Crippen molar-refractivity contribution in [2.45, 2.75) is 31.3 Å². The topological polar surface area (TPSA) is 106 Å². The lowest BCUT2D eigenvalue weighted by molar-refractivity contribution is -0.162. The van der Waals surface area contributed by atoms with Gasteiger partial charge in [-0.3, -0.25) is 4.79 Å². The fourth-order valence-corrected chi connectivity index (χ4v) is 2.87. The van der Waals surface area contributed by atoms with Gasteiger partial charge >= 0.3 is 0 Å². The second-order valence-electron chi connectivity index (χ2n) is 5.50. The van der Waals surface area contributed by atoms with E-state index in [4.69, 9.17) is 24.5 Å². The summed E-state index contributed by atoms with van der Waals surface area (Å²) in [6, 6.07) is 4.34. The second kappa shape index (κ2) is 8.57. The van der Waals surface area contributed by atoms with Crippen molar-refractivity contribution in [1.29, 1.82) is 0 Å². The predicted octanol–water partition coefficient (Wildman–Crippen LogP) is 2.10. The highest BCUT2D eigenvalue weighted by molar-refractivity contribution is 5.89. The summed E-state index contributed by atoms with van der Waals surface area (Å²) in [6.45, 7) is 0.328. The maximum atomic E-state index is 12.4. The number of hydrogen-bond donors (Lipinski definition) is 0. The molecule has 25 heavy (non-hydrogen) atoms. The van der Waals surface area contributed by atoms with Crippen LogP contribution in [0.2, 0.25) is 0 Å². The SMILES string of the molecule is COc1ccc(CN2C(=O)[C@@H](N=[N+]=[N-])[C@H]2CC(OC)OC)c(OC)c1. The Bertz CT molecular complexity index is 658. The van der Waals surface area contributed by atoms with Gasteiger partial charge in [-0.1, -0.05) is 5.11 Å². The van der Waals surface area contributed by atoms with Crippen LogP contribution in [0.1, 0.15) is 12.0 Å². The van der Waals surface area contributed by atoms with Gasteiger partial charge in [-0.15, -0.1) is 0 Å². The molecule has 0 bridgehead atoms. The van der Waals surface area contributed by atoms with Gasteiger partial charge in [0.05, 0.1) is 20.3 Å². The van der Waals surface area contributed by atoms with Gasteiger partial charge in [-0.2, -0.15) is 0 Å². The Morgan fingerprint density at radius 1 is 1.24 bits per heavy atom. The van der Waals surface area contributed by atoms with Crippen LogP contribution in [0, 0.1) is 0 Å². The number of β-lactam (4-membered cyclic amide) rings is 1. The monoisotopic (exact) mass is 350 g/mol. The van der Waals surface area contributed by atoms with Crippen LogP contribution in [0.25, 0.3) is 10.4 Å². The number of nitrogens with zero attached hydrogens (tertiary/aromatic N) is 4. The van der Waals surface area contributed by atoms with Gasteiger partial charge < -0.3 is 23.8 Å². The second-order valence-corrected chi connectivity index (χ2v) is 5.50. The third kappa shape index (κ3) is 3.96. The number of hydrogen-bond acceptors (Lipinski definition) is 6. The zero-order valence-corrected chi connectivity index (χ0v) is 14.7. The summed E-state index contributed by atoms with van der Waals surface area (Å²) in [4.78, 5) is 16.8. The molecule has 1 heterocycles. The van der Waals surface area contributed by atoms with E-state index >= 15 is 0 Å². The third-order valence-electron chi connectivity index (χ3n) is 4.27. The predicted molar refractivity (Wildman–Crippen MR) is 89.2 cm³/mol. The summed E-state index contributed by atoms with van der Waals surface area (Å²) >= 11 is 0. The standard InChI is InChI=1S/C16H22N4O5/c1-22-11-6-5-10(13(7-11)23-2)9-20-12(8-14(24-3)25-4)15(16(20)21)18-19-17/h5-7,12,14-15H,8-9H2,1-4H3/t12-,15+/m1/s1. The number of benzene rings is 1. The lowest BCUT2D eigenvalue weighted by Crippen LogP contribution is -2.64. The van der Waals surface area contributed by atoms with Crippen molar-refractivity contribution < 1.29 is 23.7 Å². The minimum absolute atomic E-state index is 0.230.